The van der Waals surface area contributed by atoms with E-state index in [1.54, 1.807) is 13.3 Å². The van der Waals surface area contributed by atoms with Crippen LogP contribution in [-0.2, 0) is 19.7 Å². The normalized spacial score (nSPS) is 22.7. The van der Waals surface area contributed by atoms with Gasteiger partial charge in [0.15, 0.2) is 5.54 Å². The molecule has 6 rings (SSSR count). The highest BCUT2D eigenvalue weighted by Gasteiger charge is 2.47. The molecule has 3 aliphatic heterocycles. The smallest absolute Gasteiger partial charge is 0.283 e. The second-order valence-electron chi connectivity index (χ2n) is 9.05. The molecule has 1 fully saturated rings. The summed E-state index contributed by atoms with van der Waals surface area (Å²) in [5, 5.41) is 0. The molecular formula is C27H28N4O4. The van der Waals surface area contributed by atoms with Gasteiger partial charge >= 0.3 is 0 Å². The van der Waals surface area contributed by atoms with Gasteiger partial charge in [-0.25, -0.2) is 4.99 Å². The minimum absolute atomic E-state index is 0.135. The first-order valence-corrected chi connectivity index (χ1v) is 11.9. The third-order valence-corrected chi connectivity index (χ3v) is 6.93. The molecular weight excluding hydrogens is 444 g/mol. The van der Waals surface area contributed by atoms with Gasteiger partial charge in [0, 0.05) is 61.6 Å². The number of morpholine rings is 1. The monoisotopic (exact) mass is 472 g/mol. The lowest BCUT2D eigenvalue weighted by atomic mass is 9.80. The van der Waals surface area contributed by atoms with Crippen LogP contribution in [0.5, 0.6) is 11.5 Å². The quantitative estimate of drug-likeness (QED) is 0.606. The van der Waals surface area contributed by atoms with E-state index in [-0.39, 0.29) is 12.1 Å². The van der Waals surface area contributed by atoms with Crippen LogP contribution in [0.4, 0.5) is 5.69 Å². The number of anilines is 1. The topological polar surface area (TPSA) is 91.4 Å². The van der Waals surface area contributed by atoms with Crippen molar-refractivity contribution >= 4 is 11.7 Å². The molecule has 0 aliphatic carbocycles. The van der Waals surface area contributed by atoms with E-state index in [2.05, 4.69) is 28.1 Å². The van der Waals surface area contributed by atoms with Gasteiger partial charge in [0.2, 0.25) is 0 Å². The lowest BCUT2D eigenvalue weighted by Gasteiger charge is -2.37. The summed E-state index contributed by atoms with van der Waals surface area (Å²) in [6.45, 7) is 3.31. The molecule has 0 amide bonds. The summed E-state index contributed by atoms with van der Waals surface area (Å²) in [5.41, 5.74) is 10.4. The fourth-order valence-electron chi connectivity index (χ4n) is 5.13. The standard InChI is InChI=1S/C27H28N4O4/c1-32-11-8-21-16-31(10-12-33-21)20-5-7-25-23(14-20)27(17-34-26(28)30-27)22-13-18(4-6-24(22)35-25)19-3-2-9-29-15-19/h2-7,9,13-15,21H,8,10-12,16-17H2,1H3,(H2,28,30)/t21-,27-/m0/s1. The summed E-state index contributed by atoms with van der Waals surface area (Å²) in [6, 6.07) is 16.6. The van der Waals surface area contributed by atoms with Gasteiger partial charge in [-0.1, -0.05) is 12.1 Å². The molecule has 2 atom stereocenters. The highest BCUT2D eigenvalue weighted by molar-refractivity contribution is 5.78. The van der Waals surface area contributed by atoms with E-state index in [4.69, 9.17) is 29.7 Å². The number of aliphatic imine (C=N–C) groups is 1. The number of rotatable bonds is 5. The molecule has 180 valence electrons. The molecule has 2 N–H and O–H groups in total. The fourth-order valence-corrected chi connectivity index (χ4v) is 5.13. The Morgan fingerprint density at radius 3 is 2.74 bits per heavy atom. The maximum absolute atomic E-state index is 6.37. The van der Waals surface area contributed by atoms with Crippen molar-refractivity contribution in [3.8, 4) is 22.6 Å². The average Bonchev–Trinajstić information content (AvgIpc) is 3.30. The van der Waals surface area contributed by atoms with Crippen molar-refractivity contribution < 1.29 is 18.9 Å². The summed E-state index contributed by atoms with van der Waals surface area (Å²) < 4.78 is 23.3. The molecule has 0 bridgehead atoms. The lowest BCUT2D eigenvalue weighted by Crippen LogP contribution is -2.43. The van der Waals surface area contributed by atoms with Crippen molar-refractivity contribution in [3.05, 3.63) is 72.1 Å². The summed E-state index contributed by atoms with van der Waals surface area (Å²) in [6.07, 6.45) is 4.62. The van der Waals surface area contributed by atoms with Crippen molar-refractivity contribution in [2.24, 2.45) is 10.7 Å². The molecule has 2 aromatic carbocycles. The number of aromatic nitrogens is 1. The van der Waals surface area contributed by atoms with Crippen molar-refractivity contribution in [2.75, 3.05) is 44.9 Å². The molecule has 1 saturated heterocycles. The Labute approximate surface area is 204 Å². The van der Waals surface area contributed by atoms with Crippen LogP contribution in [0.1, 0.15) is 17.5 Å². The Hall–Kier alpha value is -3.62. The zero-order chi connectivity index (χ0) is 23.8. The predicted octanol–water partition coefficient (Wildman–Crippen LogP) is 3.68. The van der Waals surface area contributed by atoms with Crippen LogP contribution in [0.3, 0.4) is 0 Å². The van der Waals surface area contributed by atoms with Gasteiger partial charge in [-0.05, 0) is 48.4 Å². The number of pyridine rings is 1. The summed E-state index contributed by atoms with van der Waals surface area (Å²) in [4.78, 5) is 11.5. The maximum Gasteiger partial charge on any atom is 0.283 e. The first-order chi connectivity index (χ1) is 17.2. The second-order valence-corrected chi connectivity index (χ2v) is 9.05. The highest BCUT2D eigenvalue weighted by Crippen LogP contribution is 2.52. The van der Waals surface area contributed by atoms with E-state index in [1.807, 2.05) is 36.5 Å². The summed E-state index contributed by atoms with van der Waals surface area (Å²) in [5.74, 6) is 1.52. The molecule has 8 nitrogen and oxygen atoms in total. The van der Waals surface area contributed by atoms with Gasteiger partial charge in [0.1, 0.15) is 18.1 Å². The average molecular weight is 473 g/mol. The zero-order valence-corrected chi connectivity index (χ0v) is 19.6. The van der Waals surface area contributed by atoms with Gasteiger partial charge in [0.05, 0.1) is 12.7 Å². The molecule has 0 unspecified atom stereocenters. The molecule has 35 heavy (non-hydrogen) atoms. The van der Waals surface area contributed by atoms with Crippen LogP contribution in [0, 0.1) is 0 Å². The van der Waals surface area contributed by atoms with E-state index >= 15 is 0 Å². The highest BCUT2D eigenvalue weighted by atomic mass is 16.5. The fraction of sp³-hybridized carbons (Fsp3) is 0.333. The van der Waals surface area contributed by atoms with Crippen molar-refractivity contribution in [3.63, 3.8) is 0 Å². The van der Waals surface area contributed by atoms with E-state index in [9.17, 15) is 0 Å². The van der Waals surface area contributed by atoms with E-state index in [1.165, 1.54) is 0 Å². The van der Waals surface area contributed by atoms with Crippen molar-refractivity contribution in [1.82, 2.24) is 4.98 Å². The Morgan fingerprint density at radius 2 is 1.97 bits per heavy atom. The number of hydrogen-bond donors (Lipinski definition) is 1. The van der Waals surface area contributed by atoms with Crippen LogP contribution in [0.2, 0.25) is 0 Å². The second kappa shape index (κ2) is 8.87. The van der Waals surface area contributed by atoms with Crippen LogP contribution < -0.4 is 15.4 Å². The van der Waals surface area contributed by atoms with Gasteiger partial charge in [-0.3, -0.25) is 4.98 Å². The molecule has 0 radical (unpaired) electrons. The minimum Gasteiger partial charge on any atom is -0.462 e. The van der Waals surface area contributed by atoms with Gasteiger partial charge in [-0.2, -0.15) is 0 Å². The third-order valence-electron chi connectivity index (χ3n) is 6.93. The Kier molecular flexibility index (Phi) is 5.54. The maximum atomic E-state index is 6.37. The van der Waals surface area contributed by atoms with Crippen LogP contribution in [0.15, 0.2) is 65.9 Å². The predicted molar refractivity (Wildman–Crippen MR) is 133 cm³/mol. The number of amidine groups is 1. The van der Waals surface area contributed by atoms with Crippen LogP contribution in [-0.4, -0.2) is 57.1 Å². The largest absolute Gasteiger partial charge is 0.462 e. The Morgan fingerprint density at radius 1 is 1.11 bits per heavy atom. The Balaban J connectivity index is 1.41. The van der Waals surface area contributed by atoms with Crippen molar-refractivity contribution in [2.45, 2.75) is 18.1 Å². The third kappa shape index (κ3) is 3.88. The lowest BCUT2D eigenvalue weighted by molar-refractivity contribution is 0.0191. The first kappa shape index (κ1) is 21.9. The van der Waals surface area contributed by atoms with E-state index in [0.29, 0.717) is 19.8 Å². The SMILES string of the molecule is COCC[C@H]1CN(c2ccc3c(c2)[C@]2(COC(N)=N2)c2cc(-c4cccnc4)ccc2O3)CCO1. The van der Waals surface area contributed by atoms with E-state index in [0.717, 1.165) is 59.0 Å². The molecule has 3 aliphatic rings. The molecule has 4 heterocycles. The number of methoxy groups -OCH3 is 1. The van der Waals surface area contributed by atoms with E-state index < -0.39 is 5.54 Å². The molecule has 1 spiro atoms. The Bertz CT molecular complexity index is 1270. The number of nitrogens with two attached hydrogens (primary N) is 1. The number of benzene rings is 2. The number of fused-ring (bicyclic) bond motifs is 4. The summed E-state index contributed by atoms with van der Waals surface area (Å²) >= 11 is 0. The zero-order valence-electron chi connectivity index (χ0n) is 19.6. The van der Waals surface area contributed by atoms with Crippen LogP contribution in [0.25, 0.3) is 11.1 Å². The molecule has 3 aromatic rings. The molecule has 1 aromatic heterocycles. The number of ether oxygens (including phenoxy) is 4. The van der Waals surface area contributed by atoms with Crippen LogP contribution >= 0.6 is 0 Å². The first-order valence-electron chi connectivity index (χ1n) is 11.9. The van der Waals surface area contributed by atoms with Gasteiger partial charge in [-0.15, -0.1) is 0 Å². The summed E-state index contributed by atoms with van der Waals surface area (Å²) in [7, 11) is 1.72. The molecule has 0 saturated carbocycles. The van der Waals surface area contributed by atoms with Crippen molar-refractivity contribution in [1.29, 1.82) is 0 Å². The minimum atomic E-state index is -0.775. The number of nitrogens with zero attached hydrogens (tertiary/aromatic N) is 3. The molecule has 8 heteroatoms. The van der Waals surface area contributed by atoms with Gasteiger partial charge in [0.25, 0.3) is 6.02 Å². The number of hydrogen-bond acceptors (Lipinski definition) is 8. The van der Waals surface area contributed by atoms with Gasteiger partial charge < -0.3 is 29.6 Å².